The molecule has 0 aliphatic heterocycles. The predicted octanol–water partition coefficient (Wildman–Crippen LogP) is 4.77. The number of carbonyl (C=O) groups excluding carboxylic acids is 1. The average molecular weight is 377 g/mol. The van der Waals surface area contributed by atoms with Crippen molar-refractivity contribution >= 4 is 17.2 Å². The first kappa shape index (κ1) is 17.9. The minimum atomic E-state index is -0.729. The molecule has 0 bridgehead atoms. The van der Waals surface area contributed by atoms with Crippen LogP contribution in [0.5, 0.6) is 0 Å². The van der Waals surface area contributed by atoms with E-state index in [9.17, 15) is 13.6 Å². The molecule has 1 amide bonds. The van der Waals surface area contributed by atoms with Gasteiger partial charge in [0.25, 0.3) is 0 Å². The van der Waals surface area contributed by atoms with E-state index in [-0.39, 0.29) is 17.9 Å². The number of fused-ring (bicyclic) bond motifs is 1. The van der Waals surface area contributed by atoms with Crippen LogP contribution in [0.15, 0.2) is 67.0 Å². The summed E-state index contributed by atoms with van der Waals surface area (Å²) in [6.07, 6.45) is 3.74. The molecule has 0 aliphatic rings. The van der Waals surface area contributed by atoms with Crippen LogP contribution in [0.25, 0.3) is 16.9 Å². The van der Waals surface area contributed by atoms with Crippen molar-refractivity contribution in [3.8, 4) is 11.3 Å². The van der Waals surface area contributed by atoms with Gasteiger partial charge in [-0.15, -0.1) is 0 Å². The SMILES string of the molecule is Cc1ccn2cc(-c3ccc(NC(=O)Cc4ccc(F)cc4F)cc3)nc2c1. The topological polar surface area (TPSA) is 46.4 Å². The summed E-state index contributed by atoms with van der Waals surface area (Å²) in [4.78, 5) is 16.7. The molecule has 2 aromatic carbocycles. The molecular weight excluding hydrogens is 360 g/mol. The highest BCUT2D eigenvalue weighted by atomic mass is 19.1. The number of anilines is 1. The van der Waals surface area contributed by atoms with Gasteiger partial charge in [0.05, 0.1) is 12.1 Å². The van der Waals surface area contributed by atoms with Crippen LogP contribution in [0.4, 0.5) is 14.5 Å². The number of hydrogen-bond donors (Lipinski definition) is 1. The fraction of sp³-hybridized carbons (Fsp3) is 0.0909. The normalized spacial score (nSPS) is 11.0. The highest BCUT2D eigenvalue weighted by Crippen LogP contribution is 2.22. The molecule has 6 heteroatoms. The fourth-order valence-electron chi connectivity index (χ4n) is 2.99. The van der Waals surface area contributed by atoms with E-state index in [1.807, 2.05) is 48.0 Å². The van der Waals surface area contributed by atoms with Crippen LogP contribution in [-0.4, -0.2) is 15.3 Å². The van der Waals surface area contributed by atoms with Crippen LogP contribution < -0.4 is 5.32 Å². The van der Waals surface area contributed by atoms with Gasteiger partial charge in [0.1, 0.15) is 17.3 Å². The minimum absolute atomic E-state index is 0.149. The van der Waals surface area contributed by atoms with E-state index in [4.69, 9.17) is 0 Å². The van der Waals surface area contributed by atoms with Crippen LogP contribution in [-0.2, 0) is 11.2 Å². The molecule has 140 valence electrons. The molecule has 0 atom stereocenters. The number of amides is 1. The number of pyridine rings is 1. The Hall–Kier alpha value is -3.54. The molecule has 4 aromatic rings. The molecule has 2 heterocycles. The van der Waals surface area contributed by atoms with Crippen molar-refractivity contribution in [2.24, 2.45) is 0 Å². The van der Waals surface area contributed by atoms with Crippen LogP contribution in [0, 0.1) is 18.6 Å². The number of imidazole rings is 1. The Kier molecular flexibility index (Phi) is 4.61. The summed E-state index contributed by atoms with van der Waals surface area (Å²) in [6.45, 7) is 2.02. The zero-order valence-corrected chi connectivity index (χ0v) is 15.1. The van der Waals surface area contributed by atoms with Gasteiger partial charge in [-0.2, -0.15) is 0 Å². The largest absolute Gasteiger partial charge is 0.326 e. The summed E-state index contributed by atoms with van der Waals surface area (Å²) in [5.74, 6) is -1.77. The molecule has 28 heavy (non-hydrogen) atoms. The molecular formula is C22H17F2N3O. The maximum absolute atomic E-state index is 13.7. The summed E-state index contributed by atoms with van der Waals surface area (Å²) in [6, 6.07) is 14.5. The van der Waals surface area contributed by atoms with E-state index in [1.165, 1.54) is 6.07 Å². The number of nitrogens with zero attached hydrogens (tertiary/aromatic N) is 2. The van der Waals surface area contributed by atoms with Crippen molar-refractivity contribution in [2.45, 2.75) is 13.3 Å². The van der Waals surface area contributed by atoms with Gasteiger partial charge in [-0.3, -0.25) is 4.79 Å². The molecule has 0 unspecified atom stereocenters. The van der Waals surface area contributed by atoms with E-state index in [0.717, 1.165) is 34.6 Å². The number of halogens is 2. The Labute approximate surface area is 160 Å². The zero-order chi connectivity index (χ0) is 19.7. The van der Waals surface area contributed by atoms with Crippen LogP contribution in [0.1, 0.15) is 11.1 Å². The Balaban J connectivity index is 1.47. The molecule has 0 saturated carbocycles. The lowest BCUT2D eigenvalue weighted by atomic mass is 10.1. The lowest BCUT2D eigenvalue weighted by molar-refractivity contribution is -0.115. The lowest BCUT2D eigenvalue weighted by Crippen LogP contribution is -2.15. The number of hydrogen-bond acceptors (Lipinski definition) is 2. The predicted molar refractivity (Wildman–Crippen MR) is 104 cm³/mol. The summed E-state index contributed by atoms with van der Waals surface area (Å²) >= 11 is 0. The summed E-state index contributed by atoms with van der Waals surface area (Å²) in [5.41, 5.74) is 4.50. The van der Waals surface area contributed by atoms with E-state index in [0.29, 0.717) is 5.69 Å². The van der Waals surface area contributed by atoms with E-state index >= 15 is 0 Å². The summed E-state index contributed by atoms with van der Waals surface area (Å²) in [5, 5.41) is 2.72. The molecule has 0 spiro atoms. The molecule has 4 nitrogen and oxygen atoms in total. The standard InChI is InChI=1S/C22H17F2N3O/c1-14-8-9-27-13-20(26-21(27)10-14)15-3-6-18(7-4-15)25-22(28)11-16-2-5-17(23)12-19(16)24/h2-10,12-13H,11H2,1H3,(H,25,28). The second-order valence-electron chi connectivity index (χ2n) is 6.63. The highest BCUT2D eigenvalue weighted by molar-refractivity contribution is 5.92. The third-order valence-corrected chi connectivity index (χ3v) is 4.45. The third-order valence-electron chi connectivity index (χ3n) is 4.45. The Morgan fingerprint density at radius 3 is 2.61 bits per heavy atom. The summed E-state index contributed by atoms with van der Waals surface area (Å²) < 4.78 is 28.6. The van der Waals surface area contributed by atoms with Gasteiger partial charge in [-0.05, 0) is 48.4 Å². The molecule has 1 N–H and O–H groups in total. The van der Waals surface area contributed by atoms with Gasteiger partial charge in [-0.1, -0.05) is 18.2 Å². The quantitative estimate of drug-likeness (QED) is 0.557. The maximum Gasteiger partial charge on any atom is 0.228 e. The van der Waals surface area contributed by atoms with E-state index in [1.54, 1.807) is 12.1 Å². The van der Waals surface area contributed by atoms with Crippen molar-refractivity contribution in [3.05, 3.63) is 89.8 Å². The Morgan fingerprint density at radius 1 is 1.07 bits per heavy atom. The molecule has 0 saturated heterocycles. The first-order valence-electron chi connectivity index (χ1n) is 8.77. The van der Waals surface area contributed by atoms with Crippen LogP contribution in [0.3, 0.4) is 0 Å². The van der Waals surface area contributed by atoms with Crippen molar-refractivity contribution in [1.82, 2.24) is 9.38 Å². The molecule has 4 rings (SSSR count). The first-order chi connectivity index (χ1) is 13.5. The fourth-order valence-corrected chi connectivity index (χ4v) is 2.99. The van der Waals surface area contributed by atoms with Gasteiger partial charge in [0.15, 0.2) is 0 Å². The highest BCUT2D eigenvalue weighted by Gasteiger charge is 2.10. The monoisotopic (exact) mass is 377 g/mol. The second kappa shape index (κ2) is 7.23. The second-order valence-corrected chi connectivity index (χ2v) is 6.63. The Bertz CT molecular complexity index is 1170. The van der Waals surface area contributed by atoms with Gasteiger partial charge in [0.2, 0.25) is 5.91 Å². The first-order valence-corrected chi connectivity index (χ1v) is 8.77. The van der Waals surface area contributed by atoms with Crippen molar-refractivity contribution in [2.75, 3.05) is 5.32 Å². The maximum atomic E-state index is 13.7. The number of nitrogens with one attached hydrogen (secondary N) is 1. The third kappa shape index (κ3) is 3.76. The van der Waals surface area contributed by atoms with Crippen LogP contribution in [0.2, 0.25) is 0 Å². The van der Waals surface area contributed by atoms with E-state index < -0.39 is 11.6 Å². The minimum Gasteiger partial charge on any atom is -0.326 e. The summed E-state index contributed by atoms with van der Waals surface area (Å²) in [7, 11) is 0. The molecule has 2 aromatic heterocycles. The van der Waals surface area contributed by atoms with Gasteiger partial charge < -0.3 is 9.72 Å². The average Bonchev–Trinajstić information content (AvgIpc) is 3.08. The van der Waals surface area contributed by atoms with Gasteiger partial charge in [0, 0.05) is 29.7 Å². The van der Waals surface area contributed by atoms with Gasteiger partial charge >= 0.3 is 0 Å². The number of rotatable bonds is 4. The number of aryl methyl sites for hydroxylation is 1. The van der Waals surface area contributed by atoms with E-state index in [2.05, 4.69) is 10.3 Å². The molecule has 0 aliphatic carbocycles. The smallest absolute Gasteiger partial charge is 0.228 e. The lowest BCUT2D eigenvalue weighted by Gasteiger charge is -2.07. The number of carbonyl (C=O) groups is 1. The van der Waals surface area contributed by atoms with Crippen molar-refractivity contribution in [1.29, 1.82) is 0 Å². The zero-order valence-electron chi connectivity index (χ0n) is 15.1. The van der Waals surface area contributed by atoms with Crippen LogP contribution >= 0.6 is 0 Å². The number of benzene rings is 2. The van der Waals surface area contributed by atoms with Crippen molar-refractivity contribution < 1.29 is 13.6 Å². The molecule has 0 fully saturated rings. The Morgan fingerprint density at radius 2 is 1.86 bits per heavy atom. The van der Waals surface area contributed by atoms with Crippen molar-refractivity contribution in [3.63, 3.8) is 0 Å². The molecule has 0 radical (unpaired) electrons. The van der Waals surface area contributed by atoms with Gasteiger partial charge in [-0.25, -0.2) is 13.8 Å². The number of aromatic nitrogens is 2.